The number of carbonyl (C=O) groups is 1. The van der Waals surface area contributed by atoms with Gasteiger partial charge in [0.25, 0.3) is 5.91 Å². The van der Waals surface area contributed by atoms with Crippen molar-refractivity contribution in [3.8, 4) is 17.2 Å². The average molecular weight is 447 g/mol. The van der Waals surface area contributed by atoms with Crippen LogP contribution in [0.15, 0.2) is 41.3 Å². The molecule has 0 aliphatic carbocycles. The SMILES string of the molecule is COc1ccc(C(=O)N2CCC[C@H]2c2ccc3c(c2)OCCO3)cc1S(=O)(=O)N(C)C. The standard InChI is InChI=1S/C22H26N2O6S/c1-23(2)31(26,27)21-14-16(7-9-19(21)28-3)22(25)24-10-4-5-17(24)15-6-8-18-20(13-15)30-12-11-29-18/h6-9,13-14,17H,4-5,10-12H2,1-3H3/t17-/m0/s1. The van der Waals surface area contributed by atoms with Gasteiger partial charge in [-0.2, -0.15) is 0 Å². The Kier molecular flexibility index (Phi) is 5.81. The molecule has 0 spiro atoms. The summed E-state index contributed by atoms with van der Waals surface area (Å²) in [5, 5.41) is 0. The molecule has 31 heavy (non-hydrogen) atoms. The first-order valence-corrected chi connectivity index (χ1v) is 11.6. The third-order valence-corrected chi connectivity index (χ3v) is 7.47. The number of sulfonamides is 1. The number of hydrogen-bond acceptors (Lipinski definition) is 6. The van der Waals surface area contributed by atoms with Gasteiger partial charge in [-0.25, -0.2) is 12.7 Å². The van der Waals surface area contributed by atoms with Crippen molar-refractivity contribution in [2.24, 2.45) is 0 Å². The maximum Gasteiger partial charge on any atom is 0.254 e. The molecular formula is C22H26N2O6S. The molecule has 9 heteroatoms. The lowest BCUT2D eigenvalue weighted by atomic mass is 10.0. The van der Waals surface area contributed by atoms with E-state index >= 15 is 0 Å². The van der Waals surface area contributed by atoms with Crippen LogP contribution in [-0.2, 0) is 10.0 Å². The van der Waals surface area contributed by atoms with Gasteiger partial charge in [-0.05, 0) is 48.7 Å². The van der Waals surface area contributed by atoms with Gasteiger partial charge in [0, 0.05) is 26.2 Å². The van der Waals surface area contributed by atoms with Crippen molar-refractivity contribution in [2.75, 3.05) is 41.0 Å². The Morgan fingerprint density at radius 1 is 1.10 bits per heavy atom. The molecule has 0 radical (unpaired) electrons. The van der Waals surface area contributed by atoms with Crippen LogP contribution < -0.4 is 14.2 Å². The number of fused-ring (bicyclic) bond motifs is 1. The molecule has 0 saturated carbocycles. The first-order valence-electron chi connectivity index (χ1n) is 10.1. The molecule has 2 heterocycles. The lowest BCUT2D eigenvalue weighted by Gasteiger charge is -2.27. The van der Waals surface area contributed by atoms with Crippen LogP contribution in [0.1, 0.15) is 34.8 Å². The lowest BCUT2D eigenvalue weighted by molar-refractivity contribution is 0.0735. The van der Waals surface area contributed by atoms with Crippen LogP contribution >= 0.6 is 0 Å². The molecule has 1 saturated heterocycles. The summed E-state index contributed by atoms with van der Waals surface area (Å²) >= 11 is 0. The van der Waals surface area contributed by atoms with E-state index in [2.05, 4.69) is 0 Å². The van der Waals surface area contributed by atoms with E-state index in [-0.39, 0.29) is 22.6 Å². The van der Waals surface area contributed by atoms with Gasteiger partial charge in [-0.3, -0.25) is 4.79 Å². The van der Waals surface area contributed by atoms with Crippen LogP contribution in [-0.4, -0.2) is 64.5 Å². The van der Waals surface area contributed by atoms with Gasteiger partial charge in [0.15, 0.2) is 11.5 Å². The largest absolute Gasteiger partial charge is 0.495 e. The van der Waals surface area contributed by atoms with E-state index < -0.39 is 10.0 Å². The van der Waals surface area contributed by atoms with E-state index in [1.165, 1.54) is 33.3 Å². The summed E-state index contributed by atoms with van der Waals surface area (Å²) in [5.74, 6) is 1.39. The first kappa shape index (κ1) is 21.5. The van der Waals surface area contributed by atoms with Gasteiger partial charge >= 0.3 is 0 Å². The molecule has 2 aliphatic rings. The highest BCUT2D eigenvalue weighted by atomic mass is 32.2. The number of ether oxygens (including phenoxy) is 3. The van der Waals surface area contributed by atoms with Crippen molar-refractivity contribution < 1.29 is 27.4 Å². The Morgan fingerprint density at radius 3 is 2.55 bits per heavy atom. The van der Waals surface area contributed by atoms with E-state index in [0.717, 1.165) is 22.7 Å². The number of nitrogens with zero attached hydrogens (tertiary/aromatic N) is 2. The van der Waals surface area contributed by atoms with E-state index in [9.17, 15) is 13.2 Å². The fourth-order valence-corrected chi connectivity index (χ4v) is 5.07. The Labute approximate surface area is 182 Å². The molecule has 0 bridgehead atoms. The van der Waals surface area contributed by atoms with Gasteiger partial charge in [-0.1, -0.05) is 6.07 Å². The summed E-state index contributed by atoms with van der Waals surface area (Å²) in [4.78, 5) is 15.2. The van der Waals surface area contributed by atoms with Gasteiger partial charge in [0.1, 0.15) is 23.9 Å². The molecular weight excluding hydrogens is 420 g/mol. The number of benzene rings is 2. The van der Waals surface area contributed by atoms with Crippen LogP contribution in [0, 0.1) is 0 Å². The van der Waals surface area contributed by atoms with E-state index in [1.807, 2.05) is 18.2 Å². The van der Waals surface area contributed by atoms with Crippen molar-refractivity contribution in [1.82, 2.24) is 9.21 Å². The minimum atomic E-state index is -3.77. The average Bonchev–Trinajstić information content (AvgIpc) is 3.27. The molecule has 0 unspecified atom stereocenters. The number of likely N-dealkylation sites (tertiary alicyclic amines) is 1. The summed E-state index contributed by atoms with van der Waals surface area (Å²) in [5.41, 5.74) is 1.29. The lowest BCUT2D eigenvalue weighted by Crippen LogP contribution is -2.31. The van der Waals surface area contributed by atoms with E-state index in [4.69, 9.17) is 14.2 Å². The van der Waals surface area contributed by atoms with Crippen LogP contribution in [0.2, 0.25) is 0 Å². The van der Waals surface area contributed by atoms with Crippen LogP contribution in [0.4, 0.5) is 0 Å². The predicted octanol–water partition coefficient (Wildman–Crippen LogP) is 2.69. The highest BCUT2D eigenvalue weighted by molar-refractivity contribution is 7.89. The Balaban J connectivity index is 1.66. The van der Waals surface area contributed by atoms with Crippen LogP contribution in [0.25, 0.3) is 0 Å². The second kappa shape index (κ2) is 8.39. The first-order chi connectivity index (χ1) is 14.8. The second-order valence-corrected chi connectivity index (χ2v) is 9.83. The van der Waals surface area contributed by atoms with Crippen molar-refractivity contribution in [2.45, 2.75) is 23.8 Å². The summed E-state index contributed by atoms with van der Waals surface area (Å²) in [7, 11) is 0.531. The molecule has 4 rings (SSSR count). The zero-order valence-electron chi connectivity index (χ0n) is 17.8. The number of amides is 1. The Bertz CT molecular complexity index is 1100. The third-order valence-electron chi connectivity index (χ3n) is 5.63. The van der Waals surface area contributed by atoms with Crippen molar-refractivity contribution in [1.29, 1.82) is 0 Å². The van der Waals surface area contributed by atoms with Gasteiger partial charge < -0.3 is 19.1 Å². The van der Waals surface area contributed by atoms with Crippen LogP contribution in [0.3, 0.4) is 0 Å². The summed E-state index contributed by atoms with van der Waals surface area (Å²) in [6.07, 6.45) is 1.69. The number of rotatable bonds is 5. The zero-order chi connectivity index (χ0) is 22.2. The Hall–Kier alpha value is -2.78. The second-order valence-electron chi connectivity index (χ2n) is 7.71. The maximum atomic E-state index is 13.4. The topological polar surface area (TPSA) is 85.4 Å². The minimum absolute atomic E-state index is 0.0269. The van der Waals surface area contributed by atoms with Crippen LogP contribution in [0.5, 0.6) is 17.2 Å². The predicted molar refractivity (Wildman–Crippen MR) is 114 cm³/mol. The van der Waals surface area contributed by atoms with Crippen molar-refractivity contribution in [3.63, 3.8) is 0 Å². The fourth-order valence-electron chi connectivity index (χ4n) is 4.00. The third kappa shape index (κ3) is 3.95. The van der Waals surface area contributed by atoms with Gasteiger partial charge in [0.05, 0.1) is 13.2 Å². The van der Waals surface area contributed by atoms with Crippen molar-refractivity contribution in [3.05, 3.63) is 47.5 Å². The van der Waals surface area contributed by atoms with Gasteiger partial charge in [-0.15, -0.1) is 0 Å². The van der Waals surface area contributed by atoms with Crippen molar-refractivity contribution >= 4 is 15.9 Å². The minimum Gasteiger partial charge on any atom is -0.495 e. The maximum absolute atomic E-state index is 13.4. The summed E-state index contributed by atoms with van der Waals surface area (Å²) in [6.45, 7) is 1.62. The molecule has 2 aromatic rings. The van der Waals surface area contributed by atoms with E-state index in [0.29, 0.717) is 36.8 Å². The number of carbonyl (C=O) groups excluding carboxylic acids is 1. The monoisotopic (exact) mass is 446 g/mol. The molecule has 1 amide bonds. The molecule has 166 valence electrons. The molecule has 0 N–H and O–H groups in total. The fraction of sp³-hybridized carbons (Fsp3) is 0.409. The van der Waals surface area contributed by atoms with E-state index in [1.54, 1.807) is 11.0 Å². The molecule has 8 nitrogen and oxygen atoms in total. The quantitative estimate of drug-likeness (QED) is 0.702. The number of methoxy groups -OCH3 is 1. The molecule has 0 aromatic heterocycles. The molecule has 2 aromatic carbocycles. The summed E-state index contributed by atoms with van der Waals surface area (Å²) in [6, 6.07) is 10.2. The van der Waals surface area contributed by atoms with Gasteiger partial charge in [0.2, 0.25) is 10.0 Å². The molecule has 1 atom stereocenters. The highest BCUT2D eigenvalue weighted by Crippen LogP contribution is 2.39. The smallest absolute Gasteiger partial charge is 0.254 e. The summed E-state index contributed by atoms with van der Waals surface area (Å²) < 4.78 is 43.1. The molecule has 2 aliphatic heterocycles. The number of hydrogen-bond donors (Lipinski definition) is 0. The highest BCUT2D eigenvalue weighted by Gasteiger charge is 2.33. The zero-order valence-corrected chi connectivity index (χ0v) is 18.6. The normalized spacial score (nSPS) is 18.3. The Morgan fingerprint density at radius 2 is 1.84 bits per heavy atom. The molecule has 1 fully saturated rings.